The maximum atomic E-state index is 11.9. The third-order valence-corrected chi connectivity index (χ3v) is 3.09. The number of ether oxygens (including phenoxy) is 1. The predicted molar refractivity (Wildman–Crippen MR) is 65.6 cm³/mol. The van der Waals surface area contributed by atoms with Crippen molar-refractivity contribution in [3.8, 4) is 5.75 Å². The molecule has 1 aliphatic rings. The lowest BCUT2D eigenvalue weighted by atomic mass is 10.2. The lowest BCUT2D eigenvalue weighted by Gasteiger charge is -2.17. The third-order valence-electron chi connectivity index (χ3n) is 3.09. The van der Waals surface area contributed by atoms with Crippen LogP contribution in [-0.2, 0) is 11.3 Å². The van der Waals surface area contributed by atoms with Crippen molar-refractivity contribution in [2.45, 2.75) is 19.0 Å². The molecular formula is C13H18N2O2. The van der Waals surface area contributed by atoms with Gasteiger partial charge in [-0.1, -0.05) is 12.1 Å². The van der Waals surface area contributed by atoms with E-state index in [2.05, 4.69) is 0 Å². The molecule has 0 spiro atoms. The molecule has 2 N–H and O–H groups in total. The van der Waals surface area contributed by atoms with Crippen LogP contribution < -0.4 is 10.5 Å². The molecule has 2 rings (SSSR count). The highest BCUT2D eigenvalue weighted by Crippen LogP contribution is 2.30. The minimum absolute atomic E-state index is 0.0330. The number of methoxy groups -OCH3 is 1. The van der Waals surface area contributed by atoms with Gasteiger partial charge in [-0.25, -0.2) is 0 Å². The van der Waals surface area contributed by atoms with Gasteiger partial charge in [-0.2, -0.15) is 0 Å². The van der Waals surface area contributed by atoms with E-state index in [9.17, 15) is 4.79 Å². The largest absolute Gasteiger partial charge is 0.497 e. The summed E-state index contributed by atoms with van der Waals surface area (Å²) in [7, 11) is 3.45. The maximum Gasteiger partial charge on any atom is 0.227 e. The van der Waals surface area contributed by atoms with Crippen LogP contribution in [0.2, 0.25) is 0 Å². The number of nitrogens with zero attached hydrogens (tertiary/aromatic N) is 1. The summed E-state index contributed by atoms with van der Waals surface area (Å²) in [5, 5.41) is 0. The first-order valence-corrected chi connectivity index (χ1v) is 5.75. The third kappa shape index (κ3) is 2.77. The van der Waals surface area contributed by atoms with Crippen LogP contribution in [0.3, 0.4) is 0 Å². The Morgan fingerprint density at radius 3 is 2.88 bits per heavy atom. The lowest BCUT2D eigenvalue weighted by Crippen LogP contribution is -2.29. The number of carbonyl (C=O) groups excluding carboxylic acids is 1. The number of amides is 1. The van der Waals surface area contributed by atoms with Crippen LogP contribution in [0.15, 0.2) is 24.3 Å². The fourth-order valence-corrected chi connectivity index (χ4v) is 1.90. The number of rotatable bonds is 4. The summed E-state index contributed by atoms with van der Waals surface area (Å²) in [6.07, 6.45) is 0.821. The van der Waals surface area contributed by atoms with E-state index in [1.807, 2.05) is 31.3 Å². The Morgan fingerprint density at radius 1 is 1.59 bits per heavy atom. The highest BCUT2D eigenvalue weighted by molar-refractivity contribution is 5.82. The molecule has 2 atom stereocenters. The van der Waals surface area contributed by atoms with Crippen LogP contribution in [0, 0.1) is 5.92 Å². The van der Waals surface area contributed by atoms with Gasteiger partial charge in [-0.05, 0) is 24.1 Å². The van der Waals surface area contributed by atoms with Crippen LogP contribution in [0.1, 0.15) is 12.0 Å². The van der Waals surface area contributed by atoms with Crippen molar-refractivity contribution in [3.63, 3.8) is 0 Å². The molecule has 1 aromatic carbocycles. The van der Waals surface area contributed by atoms with Gasteiger partial charge in [0.2, 0.25) is 5.91 Å². The summed E-state index contributed by atoms with van der Waals surface area (Å²) in [6.45, 7) is 0.596. The van der Waals surface area contributed by atoms with E-state index in [0.717, 1.165) is 17.7 Å². The average Bonchev–Trinajstić information content (AvgIpc) is 3.05. The van der Waals surface area contributed by atoms with Gasteiger partial charge in [0, 0.05) is 19.6 Å². The summed E-state index contributed by atoms with van der Waals surface area (Å²) in [5.74, 6) is 0.984. The van der Waals surface area contributed by atoms with E-state index < -0.39 is 0 Å². The highest BCUT2D eigenvalue weighted by atomic mass is 16.5. The van der Waals surface area contributed by atoms with E-state index in [0.29, 0.717) is 6.54 Å². The SMILES string of the molecule is COc1cccc(CN(C)C(=O)C2CC2N)c1. The van der Waals surface area contributed by atoms with Gasteiger partial charge in [-0.3, -0.25) is 4.79 Å². The molecule has 0 saturated heterocycles. The number of hydrogen-bond acceptors (Lipinski definition) is 3. The van der Waals surface area contributed by atoms with Crippen LogP contribution in [-0.4, -0.2) is 31.0 Å². The Kier molecular flexibility index (Phi) is 3.33. The van der Waals surface area contributed by atoms with Crippen LogP contribution in [0.4, 0.5) is 0 Å². The molecule has 1 fully saturated rings. The Labute approximate surface area is 101 Å². The summed E-state index contributed by atoms with van der Waals surface area (Å²) in [6, 6.07) is 7.81. The van der Waals surface area contributed by atoms with Crippen LogP contribution in [0.25, 0.3) is 0 Å². The van der Waals surface area contributed by atoms with Crippen LogP contribution >= 0.6 is 0 Å². The number of benzene rings is 1. The summed E-state index contributed by atoms with van der Waals surface area (Å²) < 4.78 is 5.15. The summed E-state index contributed by atoms with van der Waals surface area (Å²) in [4.78, 5) is 13.6. The standard InChI is InChI=1S/C13H18N2O2/c1-15(13(16)11-7-12(11)14)8-9-4-3-5-10(6-9)17-2/h3-6,11-12H,7-8,14H2,1-2H3. The van der Waals surface area contributed by atoms with Crippen molar-refractivity contribution in [2.75, 3.05) is 14.2 Å². The molecule has 1 saturated carbocycles. The number of carbonyl (C=O) groups is 1. The van der Waals surface area contributed by atoms with Crippen LogP contribution in [0.5, 0.6) is 5.75 Å². The molecule has 0 heterocycles. The smallest absolute Gasteiger partial charge is 0.227 e. The van der Waals surface area contributed by atoms with E-state index in [4.69, 9.17) is 10.5 Å². The molecule has 4 nitrogen and oxygen atoms in total. The number of hydrogen-bond donors (Lipinski definition) is 1. The predicted octanol–water partition coefficient (Wildman–Crippen LogP) is 1.00. The summed E-state index contributed by atoms with van der Waals surface area (Å²) in [5.41, 5.74) is 6.74. The average molecular weight is 234 g/mol. The topological polar surface area (TPSA) is 55.6 Å². The quantitative estimate of drug-likeness (QED) is 0.845. The van der Waals surface area contributed by atoms with Gasteiger partial charge >= 0.3 is 0 Å². The Bertz CT molecular complexity index is 420. The fraction of sp³-hybridized carbons (Fsp3) is 0.462. The van der Waals surface area contributed by atoms with Gasteiger partial charge < -0.3 is 15.4 Å². The molecule has 4 heteroatoms. The maximum absolute atomic E-state index is 11.9. The summed E-state index contributed by atoms with van der Waals surface area (Å²) >= 11 is 0. The molecule has 0 radical (unpaired) electrons. The molecule has 1 aliphatic carbocycles. The molecule has 0 bridgehead atoms. The van der Waals surface area contributed by atoms with Crippen molar-refractivity contribution < 1.29 is 9.53 Å². The molecule has 1 amide bonds. The normalized spacial score (nSPS) is 22.1. The zero-order chi connectivity index (χ0) is 12.4. The molecule has 0 aliphatic heterocycles. The van der Waals surface area contributed by atoms with Gasteiger partial charge in [0.1, 0.15) is 5.75 Å². The van der Waals surface area contributed by atoms with Crippen molar-refractivity contribution in [2.24, 2.45) is 11.7 Å². The van der Waals surface area contributed by atoms with Crippen molar-refractivity contribution >= 4 is 5.91 Å². The Balaban J connectivity index is 1.97. The first-order chi connectivity index (χ1) is 8.11. The second-order valence-corrected chi connectivity index (χ2v) is 4.55. The van der Waals surface area contributed by atoms with Gasteiger partial charge in [0.15, 0.2) is 0 Å². The van der Waals surface area contributed by atoms with Crippen molar-refractivity contribution in [3.05, 3.63) is 29.8 Å². The lowest BCUT2D eigenvalue weighted by molar-refractivity contribution is -0.131. The Morgan fingerprint density at radius 2 is 2.29 bits per heavy atom. The van der Waals surface area contributed by atoms with Gasteiger partial charge in [0.05, 0.1) is 13.0 Å². The molecule has 17 heavy (non-hydrogen) atoms. The first kappa shape index (κ1) is 11.9. The zero-order valence-corrected chi connectivity index (χ0v) is 10.2. The molecule has 92 valence electrons. The van der Waals surface area contributed by atoms with E-state index in [-0.39, 0.29) is 17.9 Å². The monoisotopic (exact) mass is 234 g/mol. The minimum Gasteiger partial charge on any atom is -0.497 e. The second kappa shape index (κ2) is 4.75. The molecule has 0 aromatic heterocycles. The fourth-order valence-electron chi connectivity index (χ4n) is 1.90. The molecule has 1 aromatic rings. The van der Waals surface area contributed by atoms with E-state index >= 15 is 0 Å². The Hall–Kier alpha value is -1.55. The molecular weight excluding hydrogens is 216 g/mol. The number of nitrogens with two attached hydrogens (primary N) is 1. The molecule has 2 unspecified atom stereocenters. The van der Waals surface area contributed by atoms with E-state index in [1.165, 1.54) is 0 Å². The van der Waals surface area contributed by atoms with E-state index in [1.54, 1.807) is 12.0 Å². The zero-order valence-electron chi connectivity index (χ0n) is 10.2. The second-order valence-electron chi connectivity index (χ2n) is 4.55. The highest BCUT2D eigenvalue weighted by Gasteiger charge is 2.41. The van der Waals surface area contributed by atoms with Gasteiger partial charge in [-0.15, -0.1) is 0 Å². The van der Waals surface area contributed by atoms with Gasteiger partial charge in [0.25, 0.3) is 0 Å². The first-order valence-electron chi connectivity index (χ1n) is 5.75. The minimum atomic E-state index is 0.0330. The van der Waals surface area contributed by atoms with Crippen molar-refractivity contribution in [1.82, 2.24) is 4.90 Å². The van der Waals surface area contributed by atoms with Crippen molar-refractivity contribution in [1.29, 1.82) is 0 Å².